The van der Waals surface area contributed by atoms with Crippen LogP contribution in [-0.4, -0.2) is 42.5 Å². The number of carbonyl (C=O) groups excluding carboxylic acids is 2. The quantitative estimate of drug-likeness (QED) is 0.290. The fraction of sp³-hybridized carbons (Fsp3) is 0.548. The molecule has 1 unspecified atom stereocenters. The number of aryl methyl sites for hydroxylation is 1. The van der Waals surface area contributed by atoms with E-state index in [1.807, 2.05) is 43.9 Å². The first-order chi connectivity index (χ1) is 17.8. The number of unbranched alkanes of at least 4 members (excludes halogenated alkanes) is 1. The SMILES string of the molecule is CCOc1cc(C(C)N(CCCCc2ccccc2)C(=O)NC2CC(CC(C)=O)C2)cc(OCC)c1C. The topological polar surface area (TPSA) is 67.9 Å². The van der Waals surface area contributed by atoms with Crippen LogP contribution in [0.1, 0.15) is 82.5 Å². The standard InChI is InChI=1S/C31H44N2O4/c1-6-36-29-20-27(21-30(23(29)4)37-7-2)24(5)33(16-12-11-15-25-13-9-8-10-14-25)31(35)32-28-18-26(19-28)17-22(3)34/h8-10,13-14,20-21,24,26,28H,6-7,11-12,15-19H2,1-5H3,(H,32,35). The minimum absolute atomic E-state index is 0.0463. The summed E-state index contributed by atoms with van der Waals surface area (Å²) in [5.74, 6) is 2.20. The molecule has 2 aromatic rings. The van der Waals surface area contributed by atoms with Gasteiger partial charge in [0.2, 0.25) is 0 Å². The van der Waals surface area contributed by atoms with Crippen molar-refractivity contribution in [2.24, 2.45) is 5.92 Å². The number of hydrogen-bond donors (Lipinski definition) is 1. The number of ether oxygens (including phenoxy) is 2. The molecule has 0 aromatic heterocycles. The van der Waals surface area contributed by atoms with Gasteiger partial charge in [0.25, 0.3) is 0 Å². The molecule has 6 heteroatoms. The molecule has 1 atom stereocenters. The summed E-state index contributed by atoms with van der Waals surface area (Å²) in [6, 6.07) is 14.5. The monoisotopic (exact) mass is 508 g/mol. The van der Waals surface area contributed by atoms with Gasteiger partial charge in [0, 0.05) is 24.6 Å². The summed E-state index contributed by atoms with van der Waals surface area (Å²) in [7, 11) is 0. The normalized spacial score (nSPS) is 17.4. The Hall–Kier alpha value is -3.02. The third kappa shape index (κ3) is 8.24. The van der Waals surface area contributed by atoms with Gasteiger partial charge in [-0.3, -0.25) is 0 Å². The van der Waals surface area contributed by atoms with Gasteiger partial charge in [-0.2, -0.15) is 0 Å². The van der Waals surface area contributed by atoms with Gasteiger partial charge in [-0.1, -0.05) is 30.3 Å². The molecule has 37 heavy (non-hydrogen) atoms. The van der Waals surface area contributed by atoms with Gasteiger partial charge in [0.05, 0.1) is 19.3 Å². The zero-order chi connectivity index (χ0) is 26.8. The zero-order valence-electron chi connectivity index (χ0n) is 23.2. The maximum absolute atomic E-state index is 13.5. The van der Waals surface area contributed by atoms with E-state index in [-0.39, 0.29) is 23.9 Å². The molecule has 2 amide bonds. The van der Waals surface area contributed by atoms with Crippen LogP contribution in [0.25, 0.3) is 0 Å². The summed E-state index contributed by atoms with van der Waals surface area (Å²) in [4.78, 5) is 26.9. The average molecular weight is 509 g/mol. The van der Waals surface area contributed by atoms with Crippen LogP contribution in [0.15, 0.2) is 42.5 Å². The molecular formula is C31H44N2O4. The highest BCUT2D eigenvalue weighted by Gasteiger charge is 2.33. The molecule has 202 valence electrons. The molecule has 0 spiro atoms. The fourth-order valence-electron chi connectivity index (χ4n) is 5.13. The van der Waals surface area contributed by atoms with Crippen molar-refractivity contribution in [3.05, 3.63) is 59.2 Å². The summed E-state index contributed by atoms with van der Waals surface area (Å²) in [6.45, 7) is 11.5. The molecular weight excluding hydrogens is 464 g/mol. The lowest BCUT2D eigenvalue weighted by Gasteiger charge is -2.38. The highest BCUT2D eigenvalue weighted by Crippen LogP contribution is 2.35. The number of hydrogen-bond acceptors (Lipinski definition) is 4. The van der Waals surface area contributed by atoms with E-state index in [2.05, 4.69) is 36.5 Å². The summed E-state index contributed by atoms with van der Waals surface area (Å²) in [6.07, 6.45) is 5.26. The Morgan fingerprint density at radius 1 is 1.03 bits per heavy atom. The molecule has 0 radical (unpaired) electrons. The lowest BCUT2D eigenvalue weighted by atomic mass is 9.77. The molecule has 0 heterocycles. The number of nitrogens with one attached hydrogen (secondary N) is 1. The van der Waals surface area contributed by atoms with Gasteiger partial charge >= 0.3 is 6.03 Å². The zero-order valence-corrected chi connectivity index (χ0v) is 23.2. The molecule has 3 rings (SSSR count). The van der Waals surface area contributed by atoms with Gasteiger partial charge in [-0.05, 0) is 95.9 Å². The van der Waals surface area contributed by atoms with Crippen LogP contribution in [-0.2, 0) is 11.2 Å². The number of nitrogens with zero attached hydrogens (tertiary/aromatic N) is 1. The number of benzene rings is 2. The van der Waals surface area contributed by atoms with Crippen LogP contribution in [0.2, 0.25) is 0 Å². The van der Waals surface area contributed by atoms with Gasteiger partial charge in [0.15, 0.2) is 0 Å². The second-order valence-electron chi connectivity index (χ2n) is 10.2. The molecule has 6 nitrogen and oxygen atoms in total. The number of amides is 2. The average Bonchev–Trinajstić information content (AvgIpc) is 2.85. The molecule has 2 aromatic carbocycles. The first-order valence-electron chi connectivity index (χ1n) is 13.8. The van der Waals surface area contributed by atoms with E-state index in [0.717, 1.165) is 54.7 Å². The number of ketones is 1. The van der Waals surface area contributed by atoms with Crippen molar-refractivity contribution in [2.75, 3.05) is 19.8 Å². The summed E-state index contributed by atoms with van der Waals surface area (Å²) in [5.41, 5.74) is 3.29. The molecule has 1 aliphatic carbocycles. The Labute approximate surface area is 222 Å². The maximum atomic E-state index is 13.5. The second-order valence-corrected chi connectivity index (χ2v) is 10.2. The van der Waals surface area contributed by atoms with Gasteiger partial charge in [0.1, 0.15) is 17.3 Å². The van der Waals surface area contributed by atoms with Crippen molar-refractivity contribution in [3.63, 3.8) is 0 Å². The fourth-order valence-corrected chi connectivity index (χ4v) is 5.13. The molecule has 0 aliphatic heterocycles. The Bertz CT molecular complexity index is 990. The highest BCUT2D eigenvalue weighted by atomic mass is 16.5. The van der Waals surface area contributed by atoms with Crippen LogP contribution in [0.4, 0.5) is 4.79 Å². The number of Topliss-reactive ketones (excluding diaryl/α,β-unsaturated/α-hetero) is 1. The van der Waals surface area contributed by atoms with Gasteiger partial charge in [-0.25, -0.2) is 4.79 Å². The Balaban J connectivity index is 1.73. The first-order valence-corrected chi connectivity index (χ1v) is 13.8. The van der Waals surface area contributed by atoms with Gasteiger partial charge in [-0.15, -0.1) is 0 Å². The minimum Gasteiger partial charge on any atom is -0.493 e. The van der Waals surface area contributed by atoms with Crippen molar-refractivity contribution >= 4 is 11.8 Å². The molecule has 1 aliphatic rings. The predicted molar refractivity (Wildman–Crippen MR) is 148 cm³/mol. The van der Waals surface area contributed by atoms with E-state index in [1.54, 1.807) is 6.92 Å². The number of carbonyl (C=O) groups is 2. The van der Waals surface area contributed by atoms with E-state index < -0.39 is 0 Å². The van der Waals surface area contributed by atoms with Crippen molar-refractivity contribution in [3.8, 4) is 11.5 Å². The van der Waals surface area contributed by atoms with Crippen LogP contribution in [0.3, 0.4) is 0 Å². The van der Waals surface area contributed by atoms with Crippen molar-refractivity contribution in [1.29, 1.82) is 0 Å². The second kappa shape index (κ2) is 14.1. The summed E-state index contributed by atoms with van der Waals surface area (Å²) >= 11 is 0. The third-order valence-corrected chi connectivity index (χ3v) is 7.24. The Morgan fingerprint density at radius 3 is 2.22 bits per heavy atom. The Morgan fingerprint density at radius 2 is 1.65 bits per heavy atom. The third-order valence-electron chi connectivity index (χ3n) is 7.24. The summed E-state index contributed by atoms with van der Waals surface area (Å²) in [5, 5.41) is 3.23. The van der Waals surface area contributed by atoms with Gasteiger partial charge < -0.3 is 24.5 Å². The molecule has 1 saturated carbocycles. The van der Waals surface area contributed by atoms with Crippen LogP contribution < -0.4 is 14.8 Å². The van der Waals surface area contributed by atoms with Crippen LogP contribution >= 0.6 is 0 Å². The minimum atomic E-state index is -0.149. The molecule has 0 bridgehead atoms. The van der Waals surface area contributed by atoms with E-state index in [9.17, 15) is 9.59 Å². The predicted octanol–water partition coefficient (Wildman–Crippen LogP) is 6.65. The smallest absolute Gasteiger partial charge is 0.318 e. The maximum Gasteiger partial charge on any atom is 0.318 e. The Kier molecular flexibility index (Phi) is 10.8. The van der Waals surface area contributed by atoms with Crippen LogP contribution in [0.5, 0.6) is 11.5 Å². The number of urea groups is 1. The van der Waals surface area contributed by atoms with E-state index in [1.165, 1.54) is 5.56 Å². The number of rotatable bonds is 14. The molecule has 1 fully saturated rings. The van der Waals surface area contributed by atoms with Crippen molar-refractivity contribution < 1.29 is 19.1 Å². The molecule has 1 N–H and O–H groups in total. The van der Waals surface area contributed by atoms with E-state index >= 15 is 0 Å². The van der Waals surface area contributed by atoms with Crippen LogP contribution in [0, 0.1) is 12.8 Å². The van der Waals surface area contributed by atoms with E-state index in [0.29, 0.717) is 32.1 Å². The van der Waals surface area contributed by atoms with Crippen molar-refractivity contribution in [1.82, 2.24) is 10.2 Å². The summed E-state index contributed by atoms with van der Waals surface area (Å²) < 4.78 is 11.8. The largest absolute Gasteiger partial charge is 0.493 e. The van der Waals surface area contributed by atoms with Crippen molar-refractivity contribution in [2.45, 2.75) is 85.2 Å². The molecule has 0 saturated heterocycles. The van der Waals surface area contributed by atoms with E-state index in [4.69, 9.17) is 9.47 Å². The first kappa shape index (κ1) is 28.5. The lowest BCUT2D eigenvalue weighted by molar-refractivity contribution is -0.118. The highest BCUT2D eigenvalue weighted by molar-refractivity contribution is 5.76. The lowest BCUT2D eigenvalue weighted by Crippen LogP contribution is -2.50.